The molecule has 1 heterocycles. The van der Waals surface area contributed by atoms with Crippen LogP contribution < -0.4 is 0 Å². The Balaban J connectivity index is 2.08. The summed E-state index contributed by atoms with van der Waals surface area (Å²) in [4.78, 5) is 12.6. The van der Waals surface area contributed by atoms with Crippen LogP contribution in [0.5, 0.6) is 0 Å². The van der Waals surface area contributed by atoms with Gasteiger partial charge in [0.15, 0.2) is 0 Å². The fourth-order valence-electron chi connectivity index (χ4n) is 2.43. The van der Waals surface area contributed by atoms with Gasteiger partial charge in [-0.15, -0.1) is 0 Å². The largest absolute Gasteiger partial charge is 0.444 e. The summed E-state index contributed by atoms with van der Waals surface area (Å²) in [5.41, 5.74) is 0.0223. The Labute approximate surface area is 152 Å². The summed E-state index contributed by atoms with van der Waals surface area (Å²) in [5.74, 6) is -3.52. The van der Waals surface area contributed by atoms with Gasteiger partial charge in [0.2, 0.25) is 0 Å². The Morgan fingerprint density at radius 2 is 1.81 bits per heavy atom. The Hall–Kier alpha value is -1.74. The molecule has 1 aromatic rings. The maximum Gasteiger partial charge on any atom is 0.410 e. The number of halogens is 2. The van der Waals surface area contributed by atoms with Crippen LogP contribution in [0, 0.1) is 6.92 Å². The minimum atomic E-state index is -4.33. The molecule has 6 nitrogen and oxygen atoms in total. The lowest BCUT2D eigenvalue weighted by Gasteiger charge is -2.38. The van der Waals surface area contributed by atoms with Crippen molar-refractivity contribution in [1.82, 2.24) is 4.90 Å². The zero-order chi connectivity index (χ0) is 19.8. The number of hydrogen-bond acceptors (Lipinski definition) is 5. The highest BCUT2D eigenvalue weighted by atomic mass is 32.2. The van der Waals surface area contributed by atoms with E-state index in [9.17, 15) is 22.0 Å². The molecule has 0 saturated carbocycles. The maximum absolute atomic E-state index is 14.4. The van der Waals surface area contributed by atoms with E-state index in [-0.39, 0.29) is 17.9 Å². The van der Waals surface area contributed by atoms with Crippen molar-refractivity contribution in [2.75, 3.05) is 13.1 Å². The Bertz CT molecular complexity index is 756. The van der Waals surface area contributed by atoms with Gasteiger partial charge in [-0.1, -0.05) is 17.7 Å². The minimum absolute atomic E-state index is 0.0847. The molecule has 0 spiro atoms. The molecular weight excluding hydrogens is 368 g/mol. The first-order valence-electron chi connectivity index (χ1n) is 8.16. The summed E-state index contributed by atoms with van der Waals surface area (Å²) in [6, 6.07) is 5.72. The number of likely N-dealkylation sites (tertiary alicyclic amines) is 1. The van der Waals surface area contributed by atoms with E-state index in [1.807, 2.05) is 0 Å². The highest BCUT2D eigenvalue weighted by Gasteiger charge is 2.49. The monoisotopic (exact) mass is 391 g/mol. The Morgan fingerprint density at radius 1 is 1.23 bits per heavy atom. The van der Waals surface area contributed by atoms with E-state index >= 15 is 0 Å². The quantitative estimate of drug-likeness (QED) is 0.739. The number of amides is 1. The zero-order valence-corrected chi connectivity index (χ0v) is 16.0. The molecule has 1 aromatic carbocycles. The van der Waals surface area contributed by atoms with Gasteiger partial charge in [0.1, 0.15) is 11.7 Å². The molecule has 1 aliphatic heterocycles. The summed E-state index contributed by atoms with van der Waals surface area (Å²) in [6.45, 7) is 5.62. The van der Waals surface area contributed by atoms with Gasteiger partial charge in [0.25, 0.3) is 16.0 Å². The van der Waals surface area contributed by atoms with Gasteiger partial charge in [-0.25, -0.2) is 13.6 Å². The van der Waals surface area contributed by atoms with Gasteiger partial charge in [0, 0.05) is 6.54 Å². The second-order valence-electron chi connectivity index (χ2n) is 7.30. The second kappa shape index (κ2) is 7.11. The van der Waals surface area contributed by atoms with Crippen LogP contribution in [0.1, 0.15) is 32.8 Å². The molecule has 1 fully saturated rings. The first-order chi connectivity index (χ1) is 11.8. The molecule has 1 amide bonds. The van der Waals surface area contributed by atoms with E-state index < -0.39 is 40.4 Å². The topological polar surface area (TPSA) is 72.9 Å². The lowest BCUT2D eigenvalue weighted by Crippen LogP contribution is -2.55. The van der Waals surface area contributed by atoms with Crippen molar-refractivity contribution in [3.8, 4) is 0 Å². The summed E-state index contributed by atoms with van der Waals surface area (Å²) in [5, 5.41) is 0. The van der Waals surface area contributed by atoms with Crippen molar-refractivity contribution in [3.05, 3.63) is 29.8 Å². The average Bonchev–Trinajstić information content (AvgIpc) is 2.47. The lowest BCUT2D eigenvalue weighted by atomic mass is 10.0. The molecule has 1 unspecified atom stereocenters. The molecule has 0 aliphatic carbocycles. The molecule has 146 valence electrons. The van der Waals surface area contributed by atoms with Crippen molar-refractivity contribution in [2.24, 2.45) is 0 Å². The zero-order valence-electron chi connectivity index (χ0n) is 15.2. The van der Waals surface area contributed by atoms with Crippen LogP contribution in [0.3, 0.4) is 0 Å². The smallest absolute Gasteiger partial charge is 0.410 e. The summed E-state index contributed by atoms with van der Waals surface area (Å²) in [7, 11) is -4.33. The molecule has 1 atom stereocenters. The fraction of sp³-hybridized carbons (Fsp3) is 0.588. The highest BCUT2D eigenvalue weighted by Crippen LogP contribution is 2.33. The van der Waals surface area contributed by atoms with Gasteiger partial charge in [0.05, 0.1) is 11.4 Å². The number of carbonyl (C=O) groups is 1. The molecule has 9 heteroatoms. The lowest BCUT2D eigenvalue weighted by molar-refractivity contribution is -0.135. The predicted molar refractivity (Wildman–Crippen MR) is 90.6 cm³/mol. The van der Waals surface area contributed by atoms with Crippen molar-refractivity contribution >= 4 is 16.2 Å². The SMILES string of the molecule is Cc1ccc(S(=O)(=O)OC2CCN(C(=O)OC(C)(C)C)CC2(F)F)cc1. The average molecular weight is 391 g/mol. The van der Waals surface area contributed by atoms with Crippen molar-refractivity contribution in [3.63, 3.8) is 0 Å². The normalized spacial score (nSPS) is 20.7. The van der Waals surface area contributed by atoms with E-state index in [0.29, 0.717) is 0 Å². The minimum Gasteiger partial charge on any atom is -0.444 e. The molecular formula is C17H23F2NO5S. The van der Waals surface area contributed by atoms with Crippen molar-refractivity contribution < 1.29 is 30.9 Å². The van der Waals surface area contributed by atoms with Gasteiger partial charge >= 0.3 is 6.09 Å². The van der Waals surface area contributed by atoms with Crippen LogP contribution in [0.2, 0.25) is 0 Å². The van der Waals surface area contributed by atoms with Crippen molar-refractivity contribution in [2.45, 2.75) is 56.6 Å². The molecule has 0 aromatic heterocycles. The third-order valence-corrected chi connectivity index (χ3v) is 5.07. The van der Waals surface area contributed by atoms with Gasteiger partial charge in [-0.05, 0) is 46.2 Å². The van der Waals surface area contributed by atoms with E-state index in [0.717, 1.165) is 10.5 Å². The molecule has 26 heavy (non-hydrogen) atoms. The van der Waals surface area contributed by atoms with E-state index in [2.05, 4.69) is 0 Å². The number of hydrogen-bond donors (Lipinski definition) is 0. The molecule has 0 radical (unpaired) electrons. The third kappa shape index (κ3) is 5.14. The highest BCUT2D eigenvalue weighted by molar-refractivity contribution is 7.86. The number of ether oxygens (including phenoxy) is 1. The summed E-state index contributed by atoms with van der Waals surface area (Å²) >= 11 is 0. The van der Waals surface area contributed by atoms with Gasteiger partial charge in [-0.3, -0.25) is 4.18 Å². The second-order valence-corrected chi connectivity index (χ2v) is 8.88. The van der Waals surface area contributed by atoms with Crippen LogP contribution >= 0.6 is 0 Å². The molecule has 1 aliphatic rings. The maximum atomic E-state index is 14.4. The predicted octanol–water partition coefficient (Wildman–Crippen LogP) is 3.35. The van der Waals surface area contributed by atoms with Gasteiger partial charge < -0.3 is 9.64 Å². The van der Waals surface area contributed by atoms with E-state index in [1.165, 1.54) is 12.1 Å². The number of carbonyl (C=O) groups excluding carboxylic acids is 1. The van der Waals surface area contributed by atoms with Crippen LogP contribution in [0.25, 0.3) is 0 Å². The molecule has 1 saturated heterocycles. The van der Waals surface area contributed by atoms with E-state index in [4.69, 9.17) is 8.92 Å². The Kier molecular flexibility index (Phi) is 5.63. The molecule has 0 N–H and O–H groups in total. The van der Waals surface area contributed by atoms with Crippen LogP contribution in [0.15, 0.2) is 29.2 Å². The van der Waals surface area contributed by atoms with E-state index in [1.54, 1.807) is 39.8 Å². The van der Waals surface area contributed by atoms with Crippen molar-refractivity contribution in [1.29, 1.82) is 0 Å². The number of aryl methyl sites for hydroxylation is 1. The summed E-state index contributed by atoms with van der Waals surface area (Å²) in [6.07, 6.45) is -3.03. The Morgan fingerprint density at radius 3 is 2.31 bits per heavy atom. The van der Waals surface area contributed by atoms with Gasteiger partial charge in [-0.2, -0.15) is 8.42 Å². The number of benzene rings is 1. The number of piperidine rings is 1. The fourth-order valence-corrected chi connectivity index (χ4v) is 3.56. The van der Waals surface area contributed by atoms with Crippen LogP contribution in [-0.2, 0) is 19.0 Å². The standard InChI is InChI=1S/C17H23F2NO5S/c1-12-5-7-13(8-6-12)26(22,23)25-14-9-10-20(11-17(14,18)19)15(21)24-16(2,3)4/h5-8,14H,9-11H2,1-4H3. The number of rotatable bonds is 3. The summed E-state index contributed by atoms with van der Waals surface area (Å²) < 4.78 is 63.1. The molecule has 2 rings (SSSR count). The van der Waals surface area contributed by atoms with Crippen LogP contribution in [0.4, 0.5) is 13.6 Å². The first kappa shape index (κ1) is 20.6. The third-order valence-electron chi connectivity index (χ3n) is 3.74. The number of nitrogens with zero attached hydrogens (tertiary/aromatic N) is 1. The number of alkyl halides is 2. The molecule has 0 bridgehead atoms. The first-order valence-corrected chi connectivity index (χ1v) is 9.57. The van der Waals surface area contributed by atoms with Crippen LogP contribution in [-0.4, -0.2) is 50.1 Å².